The van der Waals surface area contributed by atoms with Gasteiger partial charge in [0.05, 0.1) is 10.5 Å². The van der Waals surface area contributed by atoms with Gasteiger partial charge in [0.15, 0.2) is 0 Å². The van der Waals surface area contributed by atoms with Gasteiger partial charge in [0.2, 0.25) is 0 Å². The quantitative estimate of drug-likeness (QED) is 0.716. The highest BCUT2D eigenvalue weighted by atomic mass is 32.1. The zero-order valence-electron chi connectivity index (χ0n) is 14.1. The summed E-state index contributed by atoms with van der Waals surface area (Å²) in [6, 6.07) is 9.76. The Labute approximate surface area is 145 Å². The van der Waals surface area contributed by atoms with Crippen LogP contribution in [0.3, 0.4) is 0 Å². The van der Waals surface area contributed by atoms with Crippen molar-refractivity contribution >= 4 is 33.8 Å². The predicted octanol–water partition coefficient (Wildman–Crippen LogP) is 3.07. The van der Waals surface area contributed by atoms with E-state index in [0.29, 0.717) is 12.2 Å². The summed E-state index contributed by atoms with van der Waals surface area (Å²) >= 11 is 1.61. The Morgan fingerprint density at radius 2 is 2.00 bits per heavy atom. The first kappa shape index (κ1) is 16.4. The van der Waals surface area contributed by atoms with Crippen LogP contribution in [0, 0.1) is 0 Å². The van der Waals surface area contributed by atoms with Crippen molar-refractivity contribution in [1.82, 2.24) is 14.9 Å². The minimum Gasteiger partial charge on any atom is -0.377 e. The van der Waals surface area contributed by atoms with Gasteiger partial charge in [-0.05, 0) is 12.1 Å². The molecule has 0 fully saturated rings. The number of fused-ring (bicyclic) bond motifs is 1. The fraction of sp³-hybridized carbons (Fsp3) is 0.278. The molecule has 124 valence electrons. The molecule has 0 saturated carbocycles. The molecule has 3 rings (SSSR count). The van der Waals surface area contributed by atoms with Crippen molar-refractivity contribution in [2.45, 2.75) is 6.42 Å². The molecule has 1 aromatic carbocycles. The van der Waals surface area contributed by atoms with Crippen molar-refractivity contribution in [3.05, 3.63) is 52.6 Å². The first-order chi connectivity index (χ1) is 11.6. The number of aromatic nitrogens is 2. The standard InChI is InChI=1S/C18H20N4OS/c1-21(2)16-12-15(20-14-7-5-4-6-13(14)16)18(23)22(3)10-8-17-19-9-11-24-17/h4-7,9,11-12H,8,10H2,1-3H3. The molecule has 0 aliphatic rings. The Morgan fingerprint density at radius 3 is 2.71 bits per heavy atom. The van der Waals surface area contributed by atoms with Crippen molar-refractivity contribution < 1.29 is 4.79 Å². The number of nitrogens with zero attached hydrogens (tertiary/aromatic N) is 4. The molecule has 5 nitrogen and oxygen atoms in total. The molecule has 2 heterocycles. The zero-order chi connectivity index (χ0) is 17.1. The normalized spacial score (nSPS) is 10.8. The molecule has 0 radical (unpaired) electrons. The molecule has 1 amide bonds. The topological polar surface area (TPSA) is 49.3 Å². The molecule has 0 N–H and O–H groups in total. The second-order valence-corrected chi connectivity index (χ2v) is 6.82. The Hall–Kier alpha value is -2.47. The summed E-state index contributed by atoms with van der Waals surface area (Å²) < 4.78 is 0. The lowest BCUT2D eigenvalue weighted by atomic mass is 10.1. The first-order valence-electron chi connectivity index (χ1n) is 7.77. The number of likely N-dealkylation sites (N-methyl/N-ethyl adjacent to an activating group) is 1. The molecule has 0 spiro atoms. The summed E-state index contributed by atoms with van der Waals surface area (Å²) in [5, 5.41) is 4.03. The van der Waals surface area contributed by atoms with Crippen molar-refractivity contribution in [3.63, 3.8) is 0 Å². The summed E-state index contributed by atoms with van der Waals surface area (Å²) in [4.78, 5) is 25.3. The summed E-state index contributed by atoms with van der Waals surface area (Å²) in [5.74, 6) is -0.0691. The van der Waals surface area contributed by atoms with Gasteiger partial charge >= 0.3 is 0 Å². The van der Waals surface area contributed by atoms with E-state index < -0.39 is 0 Å². The molecule has 0 saturated heterocycles. The van der Waals surface area contributed by atoms with Crippen LogP contribution < -0.4 is 4.90 Å². The predicted molar refractivity (Wildman–Crippen MR) is 98.8 cm³/mol. The van der Waals surface area contributed by atoms with Crippen LogP contribution in [-0.4, -0.2) is 48.5 Å². The Balaban J connectivity index is 1.86. The molecular formula is C18H20N4OS. The van der Waals surface area contributed by atoms with Gasteiger partial charge in [0.1, 0.15) is 5.69 Å². The maximum atomic E-state index is 12.8. The van der Waals surface area contributed by atoms with E-state index in [1.165, 1.54) is 0 Å². The number of para-hydroxylation sites is 1. The van der Waals surface area contributed by atoms with Crippen LogP contribution in [0.2, 0.25) is 0 Å². The lowest BCUT2D eigenvalue weighted by molar-refractivity contribution is 0.0791. The lowest BCUT2D eigenvalue weighted by Gasteiger charge is -2.19. The van der Waals surface area contributed by atoms with Crippen molar-refractivity contribution in [2.24, 2.45) is 0 Å². The number of carbonyl (C=O) groups excluding carboxylic acids is 1. The van der Waals surface area contributed by atoms with Gasteiger partial charge in [0, 0.05) is 56.8 Å². The molecule has 2 aromatic heterocycles. The van der Waals surface area contributed by atoms with Gasteiger partial charge in [-0.25, -0.2) is 9.97 Å². The Kier molecular flexibility index (Phi) is 4.76. The maximum absolute atomic E-state index is 12.8. The van der Waals surface area contributed by atoms with Crippen LogP contribution in [-0.2, 0) is 6.42 Å². The van der Waals surface area contributed by atoms with Crippen LogP contribution in [0.4, 0.5) is 5.69 Å². The van der Waals surface area contributed by atoms with Crippen LogP contribution in [0.15, 0.2) is 41.9 Å². The number of carbonyl (C=O) groups is 1. The highest BCUT2D eigenvalue weighted by Gasteiger charge is 2.17. The van der Waals surface area contributed by atoms with Crippen molar-refractivity contribution in [3.8, 4) is 0 Å². The molecule has 0 aliphatic carbocycles. The van der Waals surface area contributed by atoms with E-state index in [2.05, 4.69) is 9.97 Å². The van der Waals surface area contributed by atoms with Gasteiger partial charge in [-0.1, -0.05) is 18.2 Å². The number of hydrogen-bond donors (Lipinski definition) is 0. The molecule has 0 atom stereocenters. The molecule has 3 aromatic rings. The highest BCUT2D eigenvalue weighted by Crippen LogP contribution is 2.25. The molecule has 0 aliphatic heterocycles. The lowest BCUT2D eigenvalue weighted by Crippen LogP contribution is -2.29. The fourth-order valence-electron chi connectivity index (χ4n) is 2.57. The molecular weight excluding hydrogens is 320 g/mol. The van der Waals surface area contributed by atoms with Gasteiger partial charge in [-0.3, -0.25) is 4.79 Å². The number of pyridine rings is 1. The van der Waals surface area contributed by atoms with E-state index in [0.717, 1.165) is 28.0 Å². The van der Waals surface area contributed by atoms with E-state index in [9.17, 15) is 4.79 Å². The number of benzene rings is 1. The smallest absolute Gasteiger partial charge is 0.272 e. The van der Waals surface area contributed by atoms with Crippen LogP contribution >= 0.6 is 11.3 Å². The van der Waals surface area contributed by atoms with Gasteiger partial charge in [-0.2, -0.15) is 0 Å². The summed E-state index contributed by atoms with van der Waals surface area (Å²) in [5.41, 5.74) is 2.30. The third-order valence-corrected chi connectivity index (χ3v) is 4.73. The number of anilines is 1. The van der Waals surface area contributed by atoms with Gasteiger partial charge in [0.25, 0.3) is 5.91 Å². The highest BCUT2D eigenvalue weighted by molar-refractivity contribution is 7.09. The average Bonchev–Trinajstić information content (AvgIpc) is 3.11. The van der Waals surface area contributed by atoms with Crippen LogP contribution in [0.1, 0.15) is 15.5 Å². The second-order valence-electron chi connectivity index (χ2n) is 5.84. The SMILES string of the molecule is CN(CCc1nccs1)C(=O)c1cc(N(C)C)c2ccccc2n1. The van der Waals surface area contributed by atoms with E-state index in [4.69, 9.17) is 0 Å². The molecule has 6 heteroatoms. The van der Waals surface area contributed by atoms with E-state index in [1.54, 1.807) is 22.4 Å². The Bertz CT molecular complexity index is 845. The summed E-state index contributed by atoms with van der Waals surface area (Å²) in [6.07, 6.45) is 2.55. The second kappa shape index (κ2) is 6.97. The zero-order valence-corrected chi connectivity index (χ0v) is 14.9. The number of amides is 1. The van der Waals surface area contributed by atoms with E-state index in [1.807, 2.05) is 61.8 Å². The molecule has 0 bridgehead atoms. The number of thiazole rings is 1. The molecule has 0 unspecified atom stereocenters. The fourth-order valence-corrected chi connectivity index (χ4v) is 3.18. The summed E-state index contributed by atoms with van der Waals surface area (Å²) in [7, 11) is 5.76. The summed E-state index contributed by atoms with van der Waals surface area (Å²) in [6.45, 7) is 0.623. The Morgan fingerprint density at radius 1 is 1.21 bits per heavy atom. The monoisotopic (exact) mass is 340 g/mol. The van der Waals surface area contributed by atoms with E-state index >= 15 is 0 Å². The maximum Gasteiger partial charge on any atom is 0.272 e. The van der Waals surface area contributed by atoms with E-state index in [-0.39, 0.29) is 5.91 Å². The van der Waals surface area contributed by atoms with Gasteiger partial charge < -0.3 is 9.80 Å². The van der Waals surface area contributed by atoms with Crippen LogP contribution in [0.25, 0.3) is 10.9 Å². The minimum absolute atomic E-state index is 0.0691. The number of hydrogen-bond acceptors (Lipinski definition) is 5. The van der Waals surface area contributed by atoms with Crippen LogP contribution in [0.5, 0.6) is 0 Å². The largest absolute Gasteiger partial charge is 0.377 e. The minimum atomic E-state index is -0.0691. The third-order valence-electron chi connectivity index (χ3n) is 3.89. The number of rotatable bonds is 5. The third kappa shape index (κ3) is 3.38. The molecule has 24 heavy (non-hydrogen) atoms. The van der Waals surface area contributed by atoms with Crippen molar-refractivity contribution in [1.29, 1.82) is 0 Å². The first-order valence-corrected chi connectivity index (χ1v) is 8.65. The average molecular weight is 340 g/mol. The van der Waals surface area contributed by atoms with Crippen molar-refractivity contribution in [2.75, 3.05) is 32.6 Å². The van der Waals surface area contributed by atoms with Gasteiger partial charge in [-0.15, -0.1) is 11.3 Å².